The molecule has 1 aromatic rings. The van der Waals surface area contributed by atoms with Crippen molar-refractivity contribution in [3.05, 3.63) is 28.2 Å². The van der Waals surface area contributed by atoms with Gasteiger partial charge in [-0.15, -0.1) is 0 Å². The molecule has 1 aromatic carbocycles. The average molecular weight is 340 g/mol. The number of hydrogen-bond acceptors (Lipinski definition) is 3. The lowest BCUT2D eigenvalue weighted by molar-refractivity contribution is -0.119. The second kappa shape index (κ2) is 7.09. The molecular weight excluding hydrogens is 318 g/mol. The first-order chi connectivity index (χ1) is 9.60. The summed E-state index contributed by atoms with van der Waals surface area (Å²) < 4.78 is 1.14. The van der Waals surface area contributed by atoms with Crippen LogP contribution < -0.4 is 15.5 Å². The van der Waals surface area contributed by atoms with Crippen molar-refractivity contribution in [3.63, 3.8) is 0 Å². The Kier molecular flexibility index (Phi) is 5.43. The first kappa shape index (κ1) is 15.3. The molecule has 2 rings (SSSR count). The highest BCUT2D eigenvalue weighted by Crippen LogP contribution is 2.26. The summed E-state index contributed by atoms with van der Waals surface area (Å²) in [5.74, 6) is 0.0546. The lowest BCUT2D eigenvalue weighted by Crippen LogP contribution is -2.35. The van der Waals surface area contributed by atoms with Crippen LogP contribution in [0.25, 0.3) is 0 Å². The molecule has 2 N–H and O–H groups in total. The molecule has 0 spiro atoms. The standard InChI is InChI=1S/C15H22BrN3O/c1-3-17-9-12-4-5-14(8-15(12)16)19-7-6-13(10-19)18-11(2)20/h4-5,8,13,17H,3,6-7,9-10H2,1-2H3,(H,18,20). The van der Waals surface area contributed by atoms with Gasteiger partial charge >= 0.3 is 0 Å². The highest BCUT2D eigenvalue weighted by molar-refractivity contribution is 9.10. The van der Waals surface area contributed by atoms with Crippen molar-refractivity contribution in [2.24, 2.45) is 0 Å². The molecule has 1 aliphatic heterocycles. The van der Waals surface area contributed by atoms with Crippen LogP contribution in [-0.4, -0.2) is 31.6 Å². The third-order valence-electron chi connectivity index (χ3n) is 3.56. The lowest BCUT2D eigenvalue weighted by atomic mass is 10.2. The summed E-state index contributed by atoms with van der Waals surface area (Å²) in [6, 6.07) is 6.76. The second-order valence-corrected chi connectivity index (χ2v) is 6.04. The monoisotopic (exact) mass is 339 g/mol. The lowest BCUT2D eigenvalue weighted by Gasteiger charge is -2.20. The molecule has 1 fully saturated rings. The van der Waals surface area contributed by atoms with Gasteiger partial charge in [0.25, 0.3) is 0 Å². The zero-order valence-electron chi connectivity index (χ0n) is 12.1. The van der Waals surface area contributed by atoms with Crippen molar-refractivity contribution < 1.29 is 4.79 Å². The third-order valence-corrected chi connectivity index (χ3v) is 4.30. The molecule has 0 saturated carbocycles. The van der Waals surface area contributed by atoms with E-state index < -0.39 is 0 Å². The Morgan fingerprint density at radius 1 is 1.50 bits per heavy atom. The van der Waals surface area contributed by atoms with Crippen LogP contribution in [0.1, 0.15) is 25.8 Å². The van der Waals surface area contributed by atoms with Crippen molar-refractivity contribution in [1.29, 1.82) is 0 Å². The van der Waals surface area contributed by atoms with E-state index in [4.69, 9.17) is 0 Å². The minimum Gasteiger partial charge on any atom is -0.369 e. The fourth-order valence-corrected chi connectivity index (χ4v) is 3.04. The Balaban J connectivity index is 2.00. The van der Waals surface area contributed by atoms with E-state index >= 15 is 0 Å². The first-order valence-corrected chi connectivity index (χ1v) is 7.90. The molecular formula is C15H22BrN3O. The third kappa shape index (κ3) is 3.96. The molecule has 0 aromatic heterocycles. The van der Waals surface area contributed by atoms with Crippen LogP contribution in [0.5, 0.6) is 0 Å². The maximum absolute atomic E-state index is 11.1. The number of anilines is 1. The van der Waals surface area contributed by atoms with Gasteiger partial charge in [-0.2, -0.15) is 0 Å². The summed E-state index contributed by atoms with van der Waals surface area (Å²) in [6.07, 6.45) is 1.01. The number of hydrogen-bond donors (Lipinski definition) is 2. The molecule has 1 atom stereocenters. The predicted octanol–water partition coefficient (Wildman–Crippen LogP) is 2.27. The molecule has 1 unspecified atom stereocenters. The number of amides is 1. The van der Waals surface area contributed by atoms with Gasteiger partial charge in [-0.05, 0) is 30.7 Å². The van der Waals surface area contributed by atoms with E-state index in [1.807, 2.05) is 0 Å². The SMILES string of the molecule is CCNCc1ccc(N2CCC(NC(C)=O)C2)cc1Br. The second-order valence-electron chi connectivity index (χ2n) is 5.19. The van der Waals surface area contributed by atoms with Crippen molar-refractivity contribution in [3.8, 4) is 0 Å². The fourth-order valence-electron chi connectivity index (χ4n) is 2.54. The van der Waals surface area contributed by atoms with E-state index in [1.54, 1.807) is 6.92 Å². The molecule has 0 aliphatic carbocycles. The van der Waals surface area contributed by atoms with Crippen LogP contribution in [0.4, 0.5) is 5.69 Å². The molecule has 4 nitrogen and oxygen atoms in total. The first-order valence-electron chi connectivity index (χ1n) is 7.11. The summed E-state index contributed by atoms with van der Waals surface area (Å²) in [4.78, 5) is 13.4. The Hall–Kier alpha value is -1.07. The Morgan fingerprint density at radius 3 is 2.95 bits per heavy atom. The van der Waals surface area contributed by atoms with Crippen molar-refractivity contribution in [2.45, 2.75) is 32.9 Å². The van der Waals surface area contributed by atoms with E-state index in [1.165, 1.54) is 11.3 Å². The number of benzene rings is 1. The van der Waals surface area contributed by atoms with Gasteiger partial charge in [-0.1, -0.05) is 28.9 Å². The van der Waals surface area contributed by atoms with E-state index in [0.29, 0.717) is 0 Å². The Labute approximate surface area is 129 Å². The number of nitrogens with one attached hydrogen (secondary N) is 2. The fraction of sp³-hybridized carbons (Fsp3) is 0.533. The normalized spacial score (nSPS) is 18.4. The van der Waals surface area contributed by atoms with Crippen LogP contribution in [0.3, 0.4) is 0 Å². The average Bonchev–Trinajstić information content (AvgIpc) is 2.85. The van der Waals surface area contributed by atoms with Crippen LogP contribution in [0.2, 0.25) is 0 Å². The van der Waals surface area contributed by atoms with Gasteiger partial charge < -0.3 is 15.5 Å². The number of rotatable bonds is 5. The number of carbonyl (C=O) groups is 1. The topological polar surface area (TPSA) is 44.4 Å². The minimum atomic E-state index is 0.0546. The molecule has 5 heteroatoms. The van der Waals surface area contributed by atoms with Crippen molar-refractivity contribution in [1.82, 2.24) is 10.6 Å². The predicted molar refractivity (Wildman–Crippen MR) is 86.0 cm³/mol. The molecule has 1 amide bonds. The molecule has 0 bridgehead atoms. The zero-order valence-corrected chi connectivity index (χ0v) is 13.7. The summed E-state index contributed by atoms with van der Waals surface area (Å²) in [5.41, 5.74) is 2.48. The molecule has 110 valence electrons. The van der Waals surface area contributed by atoms with Gasteiger partial charge in [0.1, 0.15) is 0 Å². The summed E-state index contributed by atoms with van der Waals surface area (Å²) >= 11 is 3.64. The van der Waals surface area contributed by atoms with Gasteiger partial charge in [0.15, 0.2) is 0 Å². The molecule has 1 aliphatic rings. The zero-order chi connectivity index (χ0) is 14.5. The summed E-state index contributed by atoms with van der Waals surface area (Å²) in [5, 5.41) is 6.32. The van der Waals surface area contributed by atoms with E-state index in [-0.39, 0.29) is 11.9 Å². The van der Waals surface area contributed by atoms with Crippen LogP contribution in [-0.2, 0) is 11.3 Å². The molecule has 1 heterocycles. The van der Waals surface area contributed by atoms with Gasteiger partial charge in [0.05, 0.1) is 0 Å². The molecule has 1 saturated heterocycles. The van der Waals surface area contributed by atoms with Gasteiger partial charge in [-0.25, -0.2) is 0 Å². The Bertz CT molecular complexity index is 478. The highest BCUT2D eigenvalue weighted by atomic mass is 79.9. The van der Waals surface area contributed by atoms with Crippen LogP contribution in [0, 0.1) is 0 Å². The van der Waals surface area contributed by atoms with Gasteiger partial charge in [-0.3, -0.25) is 4.79 Å². The quantitative estimate of drug-likeness (QED) is 0.864. The number of carbonyl (C=O) groups excluding carboxylic acids is 1. The summed E-state index contributed by atoms with van der Waals surface area (Å²) in [7, 11) is 0. The number of halogens is 1. The van der Waals surface area contributed by atoms with E-state index in [0.717, 1.165) is 37.1 Å². The number of nitrogens with zero attached hydrogens (tertiary/aromatic N) is 1. The molecule has 0 radical (unpaired) electrons. The van der Waals surface area contributed by atoms with Crippen LogP contribution >= 0.6 is 15.9 Å². The summed E-state index contributed by atoms with van der Waals surface area (Å²) in [6.45, 7) is 7.41. The minimum absolute atomic E-state index is 0.0546. The maximum atomic E-state index is 11.1. The smallest absolute Gasteiger partial charge is 0.217 e. The largest absolute Gasteiger partial charge is 0.369 e. The Morgan fingerprint density at radius 2 is 2.30 bits per heavy atom. The molecule has 20 heavy (non-hydrogen) atoms. The van der Waals surface area contributed by atoms with Crippen molar-refractivity contribution in [2.75, 3.05) is 24.5 Å². The van der Waals surface area contributed by atoms with E-state index in [9.17, 15) is 4.79 Å². The van der Waals surface area contributed by atoms with Gasteiger partial charge in [0, 0.05) is 42.8 Å². The van der Waals surface area contributed by atoms with Crippen molar-refractivity contribution >= 4 is 27.5 Å². The van der Waals surface area contributed by atoms with Crippen LogP contribution in [0.15, 0.2) is 22.7 Å². The van der Waals surface area contributed by atoms with E-state index in [2.05, 4.69) is 56.6 Å². The van der Waals surface area contributed by atoms with Gasteiger partial charge in [0.2, 0.25) is 5.91 Å². The maximum Gasteiger partial charge on any atom is 0.217 e. The highest BCUT2D eigenvalue weighted by Gasteiger charge is 2.23.